The number of nitrogens with zero attached hydrogens (tertiary/aromatic N) is 1. The van der Waals surface area contributed by atoms with Crippen molar-refractivity contribution >= 4 is 34.0 Å². The highest BCUT2D eigenvalue weighted by atomic mass is 35.5. The molecule has 2 aromatic rings. The smallest absolute Gasteiger partial charge is 0.358 e. The van der Waals surface area contributed by atoms with Gasteiger partial charge in [-0.3, -0.25) is 0 Å². The molecule has 0 saturated carbocycles. The normalized spacial score (nSPS) is 11.7. The Balaban J connectivity index is 2.02. The Labute approximate surface area is 132 Å². The zero-order chi connectivity index (χ0) is 15.2. The van der Waals surface area contributed by atoms with Crippen LogP contribution in [0.15, 0.2) is 42.3 Å². The molecule has 2 rings (SSSR count). The third kappa shape index (κ3) is 4.06. The van der Waals surface area contributed by atoms with Gasteiger partial charge in [-0.05, 0) is 13.0 Å². The van der Waals surface area contributed by atoms with E-state index in [-0.39, 0.29) is 5.69 Å². The van der Waals surface area contributed by atoms with Crippen LogP contribution in [0.1, 0.15) is 29.1 Å². The fraction of sp³-hybridized carbons (Fsp3) is 0.200. The van der Waals surface area contributed by atoms with E-state index in [4.69, 9.17) is 16.3 Å². The third-order valence-corrected chi connectivity index (χ3v) is 3.88. The molecule has 0 saturated heterocycles. The molecule has 1 aromatic heterocycles. The second kappa shape index (κ2) is 7.24. The van der Waals surface area contributed by atoms with E-state index in [0.29, 0.717) is 16.7 Å². The number of halogens is 1. The number of hydrogen-bond donors (Lipinski definition) is 1. The Morgan fingerprint density at radius 2 is 2.33 bits per heavy atom. The molecule has 1 heterocycles. The molecule has 0 spiro atoms. The Hall–Kier alpha value is -1.85. The summed E-state index contributed by atoms with van der Waals surface area (Å²) in [5.74, 6) is -0.467. The van der Waals surface area contributed by atoms with Crippen LogP contribution in [-0.4, -0.2) is 17.5 Å². The zero-order valence-corrected chi connectivity index (χ0v) is 13.1. The van der Waals surface area contributed by atoms with E-state index in [1.54, 1.807) is 24.4 Å². The molecule has 0 amide bonds. The van der Waals surface area contributed by atoms with Crippen LogP contribution in [0.25, 0.3) is 0 Å². The molecule has 0 aliphatic carbocycles. The van der Waals surface area contributed by atoms with E-state index in [1.165, 1.54) is 11.3 Å². The number of carbonyl (C=O) groups is 1. The van der Waals surface area contributed by atoms with Gasteiger partial charge in [-0.1, -0.05) is 35.9 Å². The highest BCUT2D eigenvalue weighted by Crippen LogP contribution is 2.26. The van der Waals surface area contributed by atoms with Gasteiger partial charge in [0.1, 0.15) is 6.10 Å². The minimum Gasteiger partial charge on any atom is -0.453 e. The Kier molecular flexibility index (Phi) is 5.36. The quantitative estimate of drug-likeness (QED) is 0.636. The van der Waals surface area contributed by atoms with Crippen LogP contribution >= 0.6 is 22.9 Å². The lowest BCUT2D eigenvalue weighted by molar-refractivity contribution is 0.0332. The molecule has 6 heteroatoms. The highest BCUT2D eigenvalue weighted by Gasteiger charge is 2.18. The number of anilines is 1. The van der Waals surface area contributed by atoms with Gasteiger partial charge in [0.15, 0.2) is 10.8 Å². The van der Waals surface area contributed by atoms with E-state index < -0.39 is 12.1 Å². The van der Waals surface area contributed by atoms with Gasteiger partial charge in [-0.2, -0.15) is 0 Å². The maximum Gasteiger partial charge on any atom is 0.358 e. The molecule has 1 atom stereocenters. The molecule has 0 aliphatic heterocycles. The fourth-order valence-electron chi connectivity index (χ4n) is 1.70. The molecule has 0 unspecified atom stereocenters. The predicted molar refractivity (Wildman–Crippen MR) is 86.1 cm³/mol. The van der Waals surface area contributed by atoms with Gasteiger partial charge < -0.3 is 10.1 Å². The van der Waals surface area contributed by atoms with Gasteiger partial charge >= 0.3 is 5.97 Å². The molecule has 110 valence electrons. The number of hydrogen-bond acceptors (Lipinski definition) is 5. The maximum absolute atomic E-state index is 12.1. The topological polar surface area (TPSA) is 51.2 Å². The SMILES string of the molecule is C=CCNc1nc(C(=O)O[C@@H](C)c2ccccc2Cl)cs1. The van der Waals surface area contributed by atoms with Crippen LogP contribution in [0.5, 0.6) is 0 Å². The average Bonchev–Trinajstić information content (AvgIpc) is 2.94. The van der Waals surface area contributed by atoms with Gasteiger partial charge in [0.2, 0.25) is 0 Å². The third-order valence-electron chi connectivity index (χ3n) is 2.74. The van der Waals surface area contributed by atoms with E-state index >= 15 is 0 Å². The van der Waals surface area contributed by atoms with Gasteiger partial charge in [0.05, 0.1) is 0 Å². The molecule has 0 radical (unpaired) electrons. The predicted octanol–water partition coefficient (Wildman–Crippen LogP) is 4.31. The van der Waals surface area contributed by atoms with Crippen molar-refractivity contribution in [3.05, 3.63) is 58.6 Å². The number of thiazole rings is 1. The van der Waals surface area contributed by atoms with Crippen molar-refractivity contribution in [3.8, 4) is 0 Å². The summed E-state index contributed by atoms with van der Waals surface area (Å²) in [6.07, 6.45) is 1.29. The Bertz CT molecular complexity index is 642. The number of esters is 1. The summed E-state index contributed by atoms with van der Waals surface area (Å²) in [7, 11) is 0. The van der Waals surface area contributed by atoms with Crippen molar-refractivity contribution in [1.82, 2.24) is 4.98 Å². The number of benzene rings is 1. The molecule has 0 fully saturated rings. The Morgan fingerprint density at radius 1 is 1.57 bits per heavy atom. The first kappa shape index (κ1) is 15.5. The first-order valence-corrected chi connectivity index (χ1v) is 7.63. The van der Waals surface area contributed by atoms with Crippen molar-refractivity contribution < 1.29 is 9.53 Å². The van der Waals surface area contributed by atoms with Crippen LogP contribution < -0.4 is 5.32 Å². The average molecular weight is 323 g/mol. The van der Waals surface area contributed by atoms with Crippen LogP contribution in [0.4, 0.5) is 5.13 Å². The lowest BCUT2D eigenvalue weighted by Crippen LogP contribution is -2.10. The lowest BCUT2D eigenvalue weighted by atomic mass is 10.1. The minimum atomic E-state index is -0.467. The molecular formula is C15H15ClN2O2S. The van der Waals surface area contributed by atoms with E-state index in [0.717, 1.165) is 5.56 Å². The monoisotopic (exact) mass is 322 g/mol. The summed E-state index contributed by atoms with van der Waals surface area (Å²) < 4.78 is 5.39. The standard InChI is InChI=1S/C15H15ClN2O2S/c1-3-8-17-15-18-13(9-21-15)14(19)20-10(2)11-6-4-5-7-12(11)16/h3-7,9-10H,1,8H2,2H3,(H,17,18)/t10-/m0/s1. The van der Waals surface area contributed by atoms with E-state index in [9.17, 15) is 4.79 Å². The number of aromatic nitrogens is 1. The maximum atomic E-state index is 12.1. The van der Waals surface area contributed by atoms with Gasteiger partial charge in [0.25, 0.3) is 0 Å². The van der Waals surface area contributed by atoms with Gasteiger partial charge in [-0.25, -0.2) is 9.78 Å². The summed E-state index contributed by atoms with van der Waals surface area (Å²) >= 11 is 7.43. The summed E-state index contributed by atoms with van der Waals surface area (Å²) in [5.41, 5.74) is 1.05. The summed E-state index contributed by atoms with van der Waals surface area (Å²) in [6, 6.07) is 7.28. The van der Waals surface area contributed by atoms with Crippen molar-refractivity contribution in [1.29, 1.82) is 0 Å². The van der Waals surface area contributed by atoms with Crippen LogP contribution in [0.3, 0.4) is 0 Å². The molecular weight excluding hydrogens is 308 g/mol. The molecule has 21 heavy (non-hydrogen) atoms. The molecule has 0 aliphatic rings. The summed E-state index contributed by atoms with van der Waals surface area (Å²) in [5, 5.41) is 5.92. The fourth-order valence-corrected chi connectivity index (χ4v) is 2.68. The van der Waals surface area contributed by atoms with Crippen LogP contribution in [0, 0.1) is 0 Å². The largest absolute Gasteiger partial charge is 0.453 e. The van der Waals surface area contributed by atoms with E-state index in [1.807, 2.05) is 18.2 Å². The second-order valence-electron chi connectivity index (χ2n) is 4.28. The number of nitrogens with one attached hydrogen (secondary N) is 1. The van der Waals surface area contributed by atoms with Crippen molar-refractivity contribution in [3.63, 3.8) is 0 Å². The van der Waals surface area contributed by atoms with E-state index in [2.05, 4.69) is 16.9 Å². The first-order chi connectivity index (χ1) is 10.1. The molecule has 1 aromatic carbocycles. The zero-order valence-electron chi connectivity index (χ0n) is 11.5. The van der Waals surface area contributed by atoms with Crippen molar-refractivity contribution in [2.24, 2.45) is 0 Å². The molecule has 1 N–H and O–H groups in total. The summed E-state index contributed by atoms with van der Waals surface area (Å²) in [4.78, 5) is 16.2. The van der Waals surface area contributed by atoms with Crippen molar-refractivity contribution in [2.75, 3.05) is 11.9 Å². The number of rotatable bonds is 6. The second-order valence-corrected chi connectivity index (χ2v) is 5.54. The number of carbonyl (C=O) groups excluding carboxylic acids is 1. The van der Waals surface area contributed by atoms with Gasteiger partial charge in [0, 0.05) is 22.5 Å². The first-order valence-electron chi connectivity index (χ1n) is 6.37. The Morgan fingerprint density at radius 3 is 3.05 bits per heavy atom. The molecule has 0 bridgehead atoms. The summed E-state index contributed by atoms with van der Waals surface area (Å²) in [6.45, 7) is 5.98. The van der Waals surface area contributed by atoms with Crippen molar-refractivity contribution in [2.45, 2.75) is 13.0 Å². The lowest BCUT2D eigenvalue weighted by Gasteiger charge is -2.13. The highest BCUT2D eigenvalue weighted by molar-refractivity contribution is 7.13. The van der Waals surface area contributed by atoms with Gasteiger partial charge in [-0.15, -0.1) is 17.9 Å². The minimum absolute atomic E-state index is 0.283. The van der Waals surface area contributed by atoms with Crippen LogP contribution in [0.2, 0.25) is 5.02 Å². The molecule has 4 nitrogen and oxygen atoms in total. The van der Waals surface area contributed by atoms with Crippen LogP contribution in [-0.2, 0) is 4.74 Å². The number of ether oxygens (including phenoxy) is 1.